The average Bonchev–Trinajstić information content (AvgIpc) is 2.46. The molecule has 0 aromatic heterocycles. The first kappa shape index (κ1) is 16.1. The van der Waals surface area contributed by atoms with Gasteiger partial charge in [0.05, 0.1) is 23.4 Å². The Morgan fingerprint density at radius 2 is 2.05 bits per heavy atom. The van der Waals surface area contributed by atoms with Crippen LogP contribution in [0.4, 0.5) is 5.69 Å². The van der Waals surface area contributed by atoms with Crippen LogP contribution < -0.4 is 16.8 Å². The van der Waals surface area contributed by atoms with E-state index in [0.29, 0.717) is 35.9 Å². The molecule has 1 fully saturated rings. The van der Waals surface area contributed by atoms with E-state index >= 15 is 0 Å². The van der Waals surface area contributed by atoms with Crippen LogP contribution in [0.5, 0.6) is 0 Å². The summed E-state index contributed by atoms with van der Waals surface area (Å²) < 4.78 is 5.82. The molecule has 0 aliphatic heterocycles. The first-order chi connectivity index (χ1) is 10.1. The predicted molar refractivity (Wildman–Crippen MR) is 84.6 cm³/mol. The van der Waals surface area contributed by atoms with Gasteiger partial charge in [-0.3, -0.25) is 4.79 Å². The molecule has 5 N–H and O–H groups in total. The molecule has 116 valence electrons. The highest BCUT2D eigenvalue weighted by molar-refractivity contribution is 6.33. The van der Waals surface area contributed by atoms with Gasteiger partial charge in [-0.25, -0.2) is 0 Å². The molecule has 0 bridgehead atoms. The Morgan fingerprint density at radius 3 is 2.67 bits per heavy atom. The number of anilines is 1. The van der Waals surface area contributed by atoms with Crippen LogP contribution in [0, 0.1) is 0 Å². The number of primary amides is 1. The van der Waals surface area contributed by atoms with Gasteiger partial charge in [0, 0.05) is 18.2 Å². The second kappa shape index (κ2) is 7.64. The Hall–Kier alpha value is -1.30. The molecular formula is C15H22ClN3O2. The molecule has 0 radical (unpaired) electrons. The van der Waals surface area contributed by atoms with E-state index in [0.717, 1.165) is 31.4 Å². The normalized spacial score (nSPS) is 22.0. The van der Waals surface area contributed by atoms with Gasteiger partial charge in [0.1, 0.15) is 0 Å². The zero-order chi connectivity index (χ0) is 15.2. The van der Waals surface area contributed by atoms with Gasteiger partial charge in [0.2, 0.25) is 5.91 Å². The number of nitrogens with two attached hydrogens (primary N) is 2. The smallest absolute Gasteiger partial charge is 0.248 e. The number of rotatable bonds is 6. The van der Waals surface area contributed by atoms with Gasteiger partial charge in [-0.2, -0.15) is 0 Å². The third kappa shape index (κ3) is 4.88. The molecule has 1 aromatic rings. The van der Waals surface area contributed by atoms with Gasteiger partial charge in [0.25, 0.3) is 0 Å². The molecule has 1 aliphatic carbocycles. The van der Waals surface area contributed by atoms with E-state index in [2.05, 4.69) is 5.32 Å². The lowest BCUT2D eigenvalue weighted by Gasteiger charge is -2.26. The Bertz CT molecular complexity index is 488. The maximum atomic E-state index is 11.0. The van der Waals surface area contributed by atoms with Crippen molar-refractivity contribution >= 4 is 23.2 Å². The molecule has 1 aliphatic rings. The summed E-state index contributed by atoms with van der Waals surface area (Å²) in [6, 6.07) is 5.31. The number of nitrogens with one attached hydrogen (secondary N) is 1. The lowest BCUT2D eigenvalue weighted by molar-refractivity contribution is 0.0313. The molecule has 0 atom stereocenters. The first-order valence-corrected chi connectivity index (χ1v) is 7.64. The van der Waals surface area contributed by atoms with Crippen LogP contribution in [0.15, 0.2) is 18.2 Å². The summed E-state index contributed by atoms with van der Waals surface area (Å²) >= 11 is 6.09. The quantitative estimate of drug-likeness (QED) is 0.702. The Balaban J connectivity index is 1.72. The summed E-state index contributed by atoms with van der Waals surface area (Å²) in [6.45, 7) is 1.28. The van der Waals surface area contributed by atoms with Gasteiger partial charge >= 0.3 is 0 Å². The Kier molecular flexibility index (Phi) is 5.85. The second-order valence-corrected chi connectivity index (χ2v) is 5.80. The van der Waals surface area contributed by atoms with Crippen molar-refractivity contribution in [3.05, 3.63) is 28.8 Å². The highest BCUT2D eigenvalue weighted by Gasteiger charge is 2.18. The summed E-state index contributed by atoms with van der Waals surface area (Å²) in [5.74, 6) is -0.484. The van der Waals surface area contributed by atoms with Gasteiger partial charge in [-0.15, -0.1) is 0 Å². The van der Waals surface area contributed by atoms with Crippen LogP contribution in [0.25, 0.3) is 0 Å². The number of hydrogen-bond donors (Lipinski definition) is 3. The van der Waals surface area contributed by atoms with Crippen LogP contribution in [-0.4, -0.2) is 31.2 Å². The van der Waals surface area contributed by atoms with Crippen molar-refractivity contribution in [1.29, 1.82) is 0 Å². The topological polar surface area (TPSA) is 90.4 Å². The van der Waals surface area contributed by atoms with E-state index in [9.17, 15) is 4.79 Å². The van der Waals surface area contributed by atoms with E-state index in [1.54, 1.807) is 18.2 Å². The molecule has 1 amide bonds. The van der Waals surface area contributed by atoms with E-state index in [1.807, 2.05) is 0 Å². The van der Waals surface area contributed by atoms with Gasteiger partial charge in [-0.1, -0.05) is 11.6 Å². The summed E-state index contributed by atoms with van der Waals surface area (Å²) in [4.78, 5) is 11.0. The summed E-state index contributed by atoms with van der Waals surface area (Å²) in [7, 11) is 0. The zero-order valence-corrected chi connectivity index (χ0v) is 12.7. The molecule has 0 unspecified atom stereocenters. The van der Waals surface area contributed by atoms with Gasteiger partial charge < -0.3 is 21.5 Å². The van der Waals surface area contributed by atoms with Crippen molar-refractivity contribution in [2.45, 2.75) is 37.8 Å². The van der Waals surface area contributed by atoms with Crippen molar-refractivity contribution < 1.29 is 9.53 Å². The lowest BCUT2D eigenvalue weighted by atomic mass is 9.94. The summed E-state index contributed by atoms with van der Waals surface area (Å²) in [5, 5.41) is 3.68. The summed E-state index contributed by atoms with van der Waals surface area (Å²) in [6.07, 6.45) is 4.47. The predicted octanol–water partition coefficient (Wildman–Crippen LogP) is 2.14. The monoisotopic (exact) mass is 311 g/mol. The van der Waals surface area contributed by atoms with E-state index in [4.69, 9.17) is 27.8 Å². The molecule has 0 heterocycles. The van der Waals surface area contributed by atoms with Crippen LogP contribution in [0.3, 0.4) is 0 Å². The van der Waals surface area contributed by atoms with Gasteiger partial charge in [-0.05, 0) is 43.9 Å². The average molecular weight is 312 g/mol. The number of halogens is 1. The van der Waals surface area contributed by atoms with Crippen molar-refractivity contribution in [3.8, 4) is 0 Å². The fraction of sp³-hybridized carbons (Fsp3) is 0.533. The number of benzene rings is 1. The minimum atomic E-state index is -0.484. The minimum absolute atomic E-state index is 0.319. The standard InChI is InChI=1S/C15H22ClN3O2/c16-13-9-10(15(18)20)1-6-14(13)19-7-8-21-12-4-2-11(17)3-5-12/h1,6,9,11-12,19H,2-5,7-8,17H2,(H2,18,20). The highest BCUT2D eigenvalue weighted by atomic mass is 35.5. The minimum Gasteiger partial charge on any atom is -0.382 e. The molecule has 6 heteroatoms. The first-order valence-electron chi connectivity index (χ1n) is 7.26. The third-order valence-corrected chi connectivity index (χ3v) is 4.06. The maximum absolute atomic E-state index is 11.0. The maximum Gasteiger partial charge on any atom is 0.248 e. The number of carbonyl (C=O) groups is 1. The van der Waals surface area contributed by atoms with Crippen LogP contribution in [0.2, 0.25) is 5.02 Å². The molecule has 1 aromatic carbocycles. The van der Waals surface area contributed by atoms with Crippen molar-refractivity contribution in [2.24, 2.45) is 11.5 Å². The van der Waals surface area contributed by atoms with Gasteiger partial charge in [0.15, 0.2) is 0 Å². The third-order valence-electron chi connectivity index (χ3n) is 3.74. The lowest BCUT2D eigenvalue weighted by Crippen LogP contribution is -2.31. The molecule has 0 saturated heterocycles. The Morgan fingerprint density at radius 1 is 1.33 bits per heavy atom. The van der Waals surface area contributed by atoms with E-state index < -0.39 is 5.91 Å². The molecule has 1 saturated carbocycles. The fourth-order valence-electron chi connectivity index (χ4n) is 2.48. The van der Waals surface area contributed by atoms with E-state index in [-0.39, 0.29) is 0 Å². The molecule has 21 heavy (non-hydrogen) atoms. The highest BCUT2D eigenvalue weighted by Crippen LogP contribution is 2.23. The SMILES string of the molecule is NC(=O)c1ccc(NCCOC2CCC(N)CC2)c(Cl)c1. The number of amides is 1. The molecular weight excluding hydrogens is 290 g/mol. The molecule has 2 rings (SSSR count). The van der Waals surface area contributed by atoms with Crippen molar-refractivity contribution in [2.75, 3.05) is 18.5 Å². The fourth-order valence-corrected chi connectivity index (χ4v) is 2.73. The number of hydrogen-bond acceptors (Lipinski definition) is 4. The number of carbonyl (C=O) groups excluding carboxylic acids is 1. The van der Waals surface area contributed by atoms with Crippen LogP contribution >= 0.6 is 11.6 Å². The summed E-state index contributed by atoms with van der Waals surface area (Å²) in [5.41, 5.74) is 12.2. The Labute approximate surface area is 130 Å². The van der Waals surface area contributed by atoms with Crippen LogP contribution in [0.1, 0.15) is 36.0 Å². The van der Waals surface area contributed by atoms with Crippen molar-refractivity contribution in [1.82, 2.24) is 0 Å². The number of ether oxygens (including phenoxy) is 1. The molecule has 5 nitrogen and oxygen atoms in total. The zero-order valence-electron chi connectivity index (χ0n) is 12.0. The molecule has 0 spiro atoms. The van der Waals surface area contributed by atoms with E-state index in [1.165, 1.54) is 0 Å². The largest absolute Gasteiger partial charge is 0.382 e. The second-order valence-electron chi connectivity index (χ2n) is 5.39. The van der Waals surface area contributed by atoms with Crippen molar-refractivity contribution in [3.63, 3.8) is 0 Å². The van der Waals surface area contributed by atoms with Crippen LogP contribution in [-0.2, 0) is 4.74 Å².